The maximum Gasteiger partial charge on any atom is 0.318 e. The highest BCUT2D eigenvalue weighted by Crippen LogP contribution is 2.30. The van der Waals surface area contributed by atoms with Crippen LogP contribution in [0, 0.1) is 0 Å². The average Bonchev–Trinajstić information content (AvgIpc) is 2.72. The van der Waals surface area contributed by atoms with Crippen LogP contribution in [0.15, 0.2) is 18.2 Å². The van der Waals surface area contributed by atoms with Crippen molar-refractivity contribution in [3.63, 3.8) is 0 Å². The summed E-state index contributed by atoms with van der Waals surface area (Å²) in [5.74, 6) is 0.139. The Balaban J connectivity index is 1.49. The third kappa shape index (κ3) is 3.85. The number of rotatable bonds is 5. The van der Waals surface area contributed by atoms with Gasteiger partial charge in [-0.15, -0.1) is 0 Å². The molecular weight excluding hydrogens is 386 g/mol. The van der Waals surface area contributed by atoms with E-state index < -0.39 is 5.91 Å². The molecular formula is C20H25N7O3. The minimum Gasteiger partial charge on any atom is -0.467 e. The summed E-state index contributed by atoms with van der Waals surface area (Å²) in [5.41, 5.74) is 12.7. The summed E-state index contributed by atoms with van der Waals surface area (Å²) >= 11 is 0. The van der Waals surface area contributed by atoms with Crippen molar-refractivity contribution < 1.29 is 14.3 Å². The fraction of sp³-hybridized carbons (Fsp3) is 0.450. The molecule has 30 heavy (non-hydrogen) atoms. The van der Waals surface area contributed by atoms with Crippen LogP contribution in [-0.2, 0) is 0 Å². The summed E-state index contributed by atoms with van der Waals surface area (Å²) in [4.78, 5) is 41.0. The number of anilines is 2. The molecule has 4 N–H and O–H groups in total. The Labute approximate surface area is 174 Å². The van der Waals surface area contributed by atoms with E-state index in [-0.39, 0.29) is 29.2 Å². The first-order valence-electron chi connectivity index (χ1n) is 9.99. The molecule has 2 aliphatic heterocycles. The molecule has 0 spiro atoms. The van der Waals surface area contributed by atoms with Crippen LogP contribution in [0.5, 0.6) is 6.01 Å². The Hall–Kier alpha value is -3.43. The standard InChI is InChI=1S/C20H25N7O3/c1-30-20-24-15(19(29)27-7-2-8-27)11-16(25-20)26-9-5-12(6-10-26)14-4-3-13(21)17(23-14)18(22)28/h3-4,11-12H,2,5-10,21H2,1H3,(H2,22,28). The van der Waals surface area contributed by atoms with E-state index in [1.807, 2.05) is 6.07 Å². The lowest BCUT2D eigenvalue weighted by atomic mass is 9.92. The van der Waals surface area contributed by atoms with Crippen molar-refractivity contribution >= 4 is 23.3 Å². The molecule has 0 atom stereocenters. The molecule has 0 aliphatic carbocycles. The molecule has 2 amide bonds. The van der Waals surface area contributed by atoms with Crippen molar-refractivity contribution in [2.24, 2.45) is 5.73 Å². The first-order chi connectivity index (χ1) is 14.5. The molecule has 0 radical (unpaired) electrons. The van der Waals surface area contributed by atoms with Crippen molar-refractivity contribution in [2.75, 3.05) is 43.9 Å². The van der Waals surface area contributed by atoms with E-state index in [1.165, 1.54) is 7.11 Å². The largest absolute Gasteiger partial charge is 0.467 e. The monoisotopic (exact) mass is 411 g/mol. The van der Waals surface area contributed by atoms with Crippen molar-refractivity contribution in [3.8, 4) is 6.01 Å². The molecule has 158 valence electrons. The number of aromatic nitrogens is 3. The van der Waals surface area contributed by atoms with Crippen LogP contribution in [0.1, 0.15) is 51.9 Å². The fourth-order valence-electron chi connectivity index (χ4n) is 3.77. The van der Waals surface area contributed by atoms with Crippen LogP contribution in [0.25, 0.3) is 0 Å². The Morgan fingerprint density at radius 1 is 1.10 bits per heavy atom. The maximum atomic E-state index is 12.6. The third-order valence-electron chi connectivity index (χ3n) is 5.66. The SMILES string of the molecule is COc1nc(C(=O)N2CCC2)cc(N2CCC(c3ccc(N)c(C(N)=O)n3)CC2)n1. The fourth-order valence-corrected chi connectivity index (χ4v) is 3.77. The highest BCUT2D eigenvalue weighted by atomic mass is 16.5. The number of nitrogen functional groups attached to an aromatic ring is 1. The predicted octanol–water partition coefficient (Wildman–Crippen LogP) is 0.791. The average molecular weight is 411 g/mol. The van der Waals surface area contributed by atoms with E-state index in [0.29, 0.717) is 11.5 Å². The molecule has 2 saturated heterocycles. The minimum absolute atomic E-state index is 0.0943. The lowest BCUT2D eigenvalue weighted by Gasteiger charge is -2.33. The summed E-state index contributed by atoms with van der Waals surface area (Å²) in [7, 11) is 1.49. The third-order valence-corrected chi connectivity index (χ3v) is 5.66. The van der Waals surface area contributed by atoms with Gasteiger partial charge < -0.3 is 26.0 Å². The molecule has 2 aromatic rings. The zero-order valence-electron chi connectivity index (χ0n) is 16.9. The zero-order valence-corrected chi connectivity index (χ0v) is 16.9. The van der Waals surface area contributed by atoms with Crippen LogP contribution in [0.4, 0.5) is 11.5 Å². The number of amides is 2. The van der Waals surface area contributed by atoms with Gasteiger partial charge in [0.2, 0.25) is 0 Å². The Kier molecular flexibility index (Phi) is 5.39. The van der Waals surface area contributed by atoms with Gasteiger partial charge in [0.05, 0.1) is 12.8 Å². The van der Waals surface area contributed by atoms with Gasteiger partial charge in [0.15, 0.2) is 5.69 Å². The summed E-state index contributed by atoms with van der Waals surface area (Å²) < 4.78 is 5.22. The van der Waals surface area contributed by atoms with Gasteiger partial charge >= 0.3 is 6.01 Å². The maximum absolute atomic E-state index is 12.6. The number of carbonyl (C=O) groups excluding carboxylic acids is 2. The number of ether oxygens (including phenoxy) is 1. The topological polar surface area (TPSA) is 141 Å². The smallest absolute Gasteiger partial charge is 0.318 e. The molecule has 10 heteroatoms. The first kappa shape index (κ1) is 19.9. The number of pyridine rings is 1. The number of likely N-dealkylation sites (tertiary alicyclic amines) is 1. The Morgan fingerprint density at radius 3 is 2.43 bits per heavy atom. The lowest BCUT2D eigenvalue weighted by Crippen LogP contribution is -2.42. The molecule has 4 heterocycles. The molecule has 0 aromatic carbocycles. The van der Waals surface area contributed by atoms with E-state index in [1.54, 1.807) is 17.0 Å². The number of primary amides is 1. The Bertz CT molecular complexity index is 969. The number of methoxy groups -OCH3 is 1. The van der Waals surface area contributed by atoms with Crippen molar-refractivity contribution in [1.29, 1.82) is 0 Å². The number of carbonyl (C=O) groups is 2. The second-order valence-electron chi connectivity index (χ2n) is 7.54. The van der Waals surface area contributed by atoms with Crippen LogP contribution >= 0.6 is 0 Å². The van der Waals surface area contributed by atoms with Gasteiger partial charge in [0.1, 0.15) is 11.5 Å². The quantitative estimate of drug-likeness (QED) is 0.736. The summed E-state index contributed by atoms with van der Waals surface area (Å²) in [6, 6.07) is 5.44. The highest BCUT2D eigenvalue weighted by molar-refractivity contribution is 5.96. The predicted molar refractivity (Wildman–Crippen MR) is 110 cm³/mol. The van der Waals surface area contributed by atoms with Crippen molar-refractivity contribution in [1.82, 2.24) is 19.9 Å². The van der Waals surface area contributed by atoms with E-state index >= 15 is 0 Å². The van der Waals surface area contributed by atoms with Gasteiger partial charge in [-0.05, 0) is 31.4 Å². The van der Waals surface area contributed by atoms with Crippen LogP contribution in [0.2, 0.25) is 0 Å². The van der Waals surface area contributed by atoms with Gasteiger partial charge in [-0.25, -0.2) is 4.98 Å². The number of nitrogens with zero attached hydrogens (tertiary/aromatic N) is 5. The first-order valence-corrected chi connectivity index (χ1v) is 9.99. The lowest BCUT2D eigenvalue weighted by molar-refractivity contribution is 0.0644. The van der Waals surface area contributed by atoms with Gasteiger partial charge in [-0.1, -0.05) is 0 Å². The highest BCUT2D eigenvalue weighted by Gasteiger charge is 2.27. The molecule has 0 saturated carbocycles. The van der Waals surface area contributed by atoms with Crippen molar-refractivity contribution in [2.45, 2.75) is 25.2 Å². The number of piperidine rings is 1. The van der Waals surface area contributed by atoms with Gasteiger partial charge in [-0.3, -0.25) is 9.59 Å². The summed E-state index contributed by atoms with van der Waals surface area (Å²) in [6.45, 7) is 2.96. The molecule has 0 bridgehead atoms. The van der Waals surface area contributed by atoms with Gasteiger partial charge in [0.25, 0.3) is 11.8 Å². The molecule has 2 aromatic heterocycles. The summed E-state index contributed by atoms with van der Waals surface area (Å²) in [6.07, 6.45) is 2.65. The van der Waals surface area contributed by atoms with Crippen LogP contribution in [0.3, 0.4) is 0 Å². The van der Waals surface area contributed by atoms with E-state index in [0.717, 1.165) is 51.1 Å². The van der Waals surface area contributed by atoms with Crippen molar-refractivity contribution in [3.05, 3.63) is 35.3 Å². The molecule has 2 fully saturated rings. The molecule has 10 nitrogen and oxygen atoms in total. The Morgan fingerprint density at radius 2 is 1.83 bits per heavy atom. The van der Waals surface area contributed by atoms with Crippen LogP contribution < -0.4 is 21.1 Å². The van der Waals surface area contributed by atoms with E-state index in [4.69, 9.17) is 16.2 Å². The number of hydrogen-bond acceptors (Lipinski definition) is 8. The second-order valence-corrected chi connectivity index (χ2v) is 7.54. The number of hydrogen-bond donors (Lipinski definition) is 2. The van der Waals surface area contributed by atoms with Gasteiger partial charge in [-0.2, -0.15) is 9.97 Å². The number of nitrogens with two attached hydrogens (primary N) is 2. The molecule has 4 rings (SSSR count). The molecule has 2 aliphatic rings. The minimum atomic E-state index is -0.626. The normalized spacial score (nSPS) is 16.8. The van der Waals surface area contributed by atoms with Crippen LogP contribution in [-0.4, -0.2) is 65.0 Å². The zero-order chi connectivity index (χ0) is 21.3. The van der Waals surface area contributed by atoms with Gasteiger partial charge in [0, 0.05) is 43.9 Å². The van der Waals surface area contributed by atoms with E-state index in [9.17, 15) is 9.59 Å². The van der Waals surface area contributed by atoms with E-state index in [2.05, 4.69) is 19.9 Å². The second kappa shape index (κ2) is 8.13. The molecule has 0 unspecified atom stereocenters. The summed E-state index contributed by atoms with van der Waals surface area (Å²) in [5, 5.41) is 0.